The molecule has 4 aromatic rings. The molecule has 2 aromatic carbocycles. The van der Waals surface area contributed by atoms with Crippen LogP contribution in [-0.2, 0) is 0 Å². The predicted octanol–water partition coefficient (Wildman–Crippen LogP) is 5.08. The molecule has 0 fully saturated rings. The highest BCUT2D eigenvalue weighted by molar-refractivity contribution is 6.32. The number of aromatic carboxylic acids is 1. The largest absolute Gasteiger partial charge is 0.495 e. The minimum atomic E-state index is -1.13. The fourth-order valence-electron chi connectivity index (χ4n) is 2.91. The molecular weight excluding hydrogens is 401 g/mol. The number of benzene rings is 2. The topological polar surface area (TPSA) is 76.7 Å². The first-order chi connectivity index (χ1) is 13.5. The summed E-state index contributed by atoms with van der Waals surface area (Å²) in [7, 11) is 1.54. The van der Waals surface area contributed by atoms with Gasteiger partial charge in [-0.15, -0.1) is 0 Å². The maximum atomic E-state index is 11.4. The number of carbonyl (C=O) groups is 1. The van der Waals surface area contributed by atoms with Crippen LogP contribution in [0.4, 0.5) is 0 Å². The lowest BCUT2D eigenvalue weighted by molar-refractivity contribution is 0.0690. The van der Waals surface area contributed by atoms with Gasteiger partial charge >= 0.3 is 5.97 Å². The number of hydrogen-bond acceptors (Lipinski definition) is 4. The Hall–Kier alpha value is -3.09. The minimum Gasteiger partial charge on any atom is -0.495 e. The lowest BCUT2D eigenvalue weighted by Crippen LogP contribution is -2.01. The van der Waals surface area contributed by atoms with Crippen LogP contribution in [-0.4, -0.2) is 32.8 Å². The van der Waals surface area contributed by atoms with Crippen molar-refractivity contribution in [3.05, 3.63) is 70.3 Å². The fourth-order valence-corrected chi connectivity index (χ4v) is 3.35. The molecule has 0 atom stereocenters. The first-order valence-electron chi connectivity index (χ1n) is 8.20. The van der Waals surface area contributed by atoms with Crippen LogP contribution in [0.5, 0.6) is 5.75 Å². The summed E-state index contributed by atoms with van der Waals surface area (Å²) in [6.07, 6.45) is 0. The van der Waals surface area contributed by atoms with E-state index in [1.807, 2.05) is 24.3 Å². The zero-order chi connectivity index (χ0) is 19.8. The van der Waals surface area contributed by atoms with Gasteiger partial charge < -0.3 is 9.84 Å². The maximum absolute atomic E-state index is 11.4. The average Bonchev–Trinajstić information content (AvgIpc) is 3.12. The van der Waals surface area contributed by atoms with Crippen molar-refractivity contribution in [3.8, 4) is 28.3 Å². The molecule has 28 heavy (non-hydrogen) atoms. The number of hydrogen-bond donors (Lipinski definition) is 1. The number of carboxylic acid groups (broad SMARTS) is 1. The summed E-state index contributed by atoms with van der Waals surface area (Å²) in [5.74, 6) is -0.592. The van der Waals surface area contributed by atoms with Crippen LogP contribution in [0.2, 0.25) is 10.0 Å². The second-order valence-electron chi connectivity index (χ2n) is 5.99. The van der Waals surface area contributed by atoms with E-state index in [4.69, 9.17) is 27.9 Å². The second kappa shape index (κ2) is 7.14. The highest BCUT2D eigenvalue weighted by atomic mass is 35.5. The summed E-state index contributed by atoms with van der Waals surface area (Å²) in [4.78, 5) is 15.9. The van der Waals surface area contributed by atoms with E-state index >= 15 is 0 Å². The molecule has 2 heterocycles. The van der Waals surface area contributed by atoms with Gasteiger partial charge in [-0.3, -0.25) is 0 Å². The molecule has 0 aliphatic carbocycles. The standard InChI is InChI=1S/C20H13Cl2N3O3/c1-28-18-6-5-12(8-14(18)22)17-9-15(11-3-2-4-13(21)7-11)23-19-10-16(20(26)27)24-25(17)19/h2-10H,1H3,(H,26,27). The molecule has 0 aliphatic heterocycles. The maximum Gasteiger partial charge on any atom is 0.356 e. The minimum absolute atomic E-state index is 0.100. The predicted molar refractivity (Wildman–Crippen MR) is 107 cm³/mol. The van der Waals surface area contributed by atoms with Crippen molar-refractivity contribution < 1.29 is 14.6 Å². The van der Waals surface area contributed by atoms with Crippen molar-refractivity contribution >= 4 is 34.8 Å². The summed E-state index contributed by atoms with van der Waals surface area (Å²) < 4.78 is 6.69. The van der Waals surface area contributed by atoms with E-state index in [1.54, 1.807) is 24.3 Å². The van der Waals surface area contributed by atoms with Crippen LogP contribution >= 0.6 is 23.2 Å². The van der Waals surface area contributed by atoms with E-state index in [-0.39, 0.29) is 5.69 Å². The molecule has 0 radical (unpaired) electrons. The van der Waals surface area contributed by atoms with Gasteiger partial charge in [-0.25, -0.2) is 14.3 Å². The summed E-state index contributed by atoms with van der Waals surface area (Å²) >= 11 is 12.4. The third-order valence-electron chi connectivity index (χ3n) is 4.21. The second-order valence-corrected chi connectivity index (χ2v) is 6.83. The Morgan fingerprint density at radius 2 is 1.89 bits per heavy atom. The average molecular weight is 414 g/mol. The Balaban J connectivity index is 1.99. The lowest BCUT2D eigenvalue weighted by atomic mass is 10.1. The molecule has 0 aliphatic rings. The summed E-state index contributed by atoms with van der Waals surface area (Å²) in [6.45, 7) is 0. The monoisotopic (exact) mass is 413 g/mol. The molecule has 8 heteroatoms. The van der Waals surface area contributed by atoms with E-state index in [0.717, 1.165) is 11.1 Å². The van der Waals surface area contributed by atoms with Gasteiger partial charge in [-0.05, 0) is 36.4 Å². The number of methoxy groups -OCH3 is 1. The van der Waals surface area contributed by atoms with Crippen molar-refractivity contribution in [2.45, 2.75) is 0 Å². The van der Waals surface area contributed by atoms with E-state index < -0.39 is 5.97 Å². The summed E-state index contributed by atoms with van der Waals surface area (Å²) in [5.41, 5.74) is 3.11. The number of ether oxygens (including phenoxy) is 1. The molecule has 0 saturated carbocycles. The molecule has 140 valence electrons. The van der Waals surface area contributed by atoms with Gasteiger partial charge in [0.1, 0.15) is 5.75 Å². The van der Waals surface area contributed by atoms with Gasteiger partial charge in [-0.1, -0.05) is 35.3 Å². The van der Waals surface area contributed by atoms with Crippen molar-refractivity contribution in [2.24, 2.45) is 0 Å². The number of nitrogens with zero attached hydrogens (tertiary/aromatic N) is 3. The number of aromatic nitrogens is 3. The zero-order valence-electron chi connectivity index (χ0n) is 14.6. The van der Waals surface area contributed by atoms with Gasteiger partial charge in [-0.2, -0.15) is 5.10 Å². The van der Waals surface area contributed by atoms with Gasteiger partial charge in [0.05, 0.1) is 23.5 Å². The van der Waals surface area contributed by atoms with Crippen molar-refractivity contribution in [1.29, 1.82) is 0 Å². The van der Waals surface area contributed by atoms with Gasteiger partial charge in [0.25, 0.3) is 0 Å². The third-order valence-corrected chi connectivity index (χ3v) is 4.74. The summed E-state index contributed by atoms with van der Waals surface area (Å²) in [6, 6.07) is 15.8. The zero-order valence-corrected chi connectivity index (χ0v) is 16.1. The highest BCUT2D eigenvalue weighted by Crippen LogP contribution is 2.32. The van der Waals surface area contributed by atoms with Crippen LogP contribution in [0, 0.1) is 0 Å². The van der Waals surface area contributed by atoms with E-state index in [9.17, 15) is 9.90 Å². The van der Waals surface area contributed by atoms with Crippen LogP contribution in [0.25, 0.3) is 28.2 Å². The van der Waals surface area contributed by atoms with E-state index in [2.05, 4.69) is 10.1 Å². The van der Waals surface area contributed by atoms with Crippen LogP contribution in [0.1, 0.15) is 10.5 Å². The molecule has 1 N–H and O–H groups in total. The number of fused-ring (bicyclic) bond motifs is 1. The van der Waals surface area contributed by atoms with Crippen LogP contribution < -0.4 is 4.74 Å². The fraction of sp³-hybridized carbons (Fsp3) is 0.0500. The van der Waals surface area contributed by atoms with Gasteiger partial charge in [0, 0.05) is 22.2 Å². The normalized spacial score (nSPS) is 11.0. The quantitative estimate of drug-likeness (QED) is 0.504. The Bertz CT molecular complexity index is 1220. The van der Waals surface area contributed by atoms with Crippen molar-refractivity contribution in [1.82, 2.24) is 14.6 Å². The number of carboxylic acids is 1. The van der Waals surface area contributed by atoms with Crippen LogP contribution in [0.15, 0.2) is 54.6 Å². The molecule has 6 nitrogen and oxygen atoms in total. The highest BCUT2D eigenvalue weighted by Gasteiger charge is 2.16. The number of halogens is 2. The molecule has 0 bridgehead atoms. The molecule has 0 saturated heterocycles. The van der Waals surface area contributed by atoms with E-state index in [1.165, 1.54) is 17.7 Å². The Labute approximate surface area is 169 Å². The molecule has 0 unspecified atom stereocenters. The van der Waals surface area contributed by atoms with Gasteiger partial charge in [0.15, 0.2) is 11.3 Å². The smallest absolute Gasteiger partial charge is 0.356 e. The molecular formula is C20H13Cl2N3O3. The third kappa shape index (κ3) is 3.28. The Morgan fingerprint density at radius 3 is 2.57 bits per heavy atom. The Kier molecular flexibility index (Phi) is 4.66. The SMILES string of the molecule is COc1ccc(-c2cc(-c3cccc(Cl)c3)nc3cc(C(=O)O)nn23)cc1Cl. The molecule has 2 aromatic heterocycles. The first kappa shape index (κ1) is 18.3. The summed E-state index contributed by atoms with van der Waals surface area (Å²) in [5, 5.41) is 14.5. The van der Waals surface area contributed by atoms with Crippen molar-refractivity contribution in [2.75, 3.05) is 7.11 Å². The van der Waals surface area contributed by atoms with Crippen LogP contribution in [0.3, 0.4) is 0 Å². The van der Waals surface area contributed by atoms with Gasteiger partial charge in [0.2, 0.25) is 0 Å². The lowest BCUT2D eigenvalue weighted by Gasteiger charge is -2.10. The Morgan fingerprint density at radius 1 is 1.07 bits per heavy atom. The first-order valence-corrected chi connectivity index (χ1v) is 8.96. The molecule has 0 amide bonds. The molecule has 0 spiro atoms. The number of rotatable bonds is 4. The van der Waals surface area contributed by atoms with Crippen molar-refractivity contribution in [3.63, 3.8) is 0 Å². The van der Waals surface area contributed by atoms with E-state index in [0.29, 0.717) is 32.8 Å². The molecule has 4 rings (SSSR count).